The first-order valence-corrected chi connectivity index (χ1v) is 21.5. The van der Waals surface area contributed by atoms with E-state index in [9.17, 15) is 9.59 Å². The van der Waals surface area contributed by atoms with Gasteiger partial charge in [-0.05, 0) is 37.8 Å². The summed E-state index contributed by atoms with van der Waals surface area (Å²) in [5.41, 5.74) is 1.49. The summed E-state index contributed by atoms with van der Waals surface area (Å²) in [7, 11) is 0. The van der Waals surface area contributed by atoms with Gasteiger partial charge in [0.05, 0.1) is 24.3 Å². The molecule has 0 amide bonds. The Morgan fingerprint density at radius 2 is 0.840 bits per heavy atom. The van der Waals surface area contributed by atoms with Gasteiger partial charge in [-0.15, -0.1) is 22.7 Å². The number of fused-ring (bicyclic) bond motifs is 2. The van der Waals surface area contributed by atoms with Gasteiger partial charge in [0.2, 0.25) is 0 Å². The number of carbonyl (C=O) groups is 2. The molecule has 50 heavy (non-hydrogen) atoms. The minimum atomic E-state index is -0.301. The number of carbonyl (C=O) groups excluding carboxylic acids is 2. The largest absolute Gasteiger partial charge is 0.461 e. The first kappa shape index (κ1) is 41.6. The van der Waals surface area contributed by atoms with Crippen molar-refractivity contribution in [1.82, 2.24) is 0 Å². The van der Waals surface area contributed by atoms with Crippen molar-refractivity contribution >= 4 is 54.8 Å². The Bertz CT molecular complexity index is 1450. The molecule has 0 radical (unpaired) electrons. The van der Waals surface area contributed by atoms with E-state index >= 15 is 0 Å². The molecule has 2 aromatic heterocycles. The van der Waals surface area contributed by atoms with E-state index in [-0.39, 0.29) is 11.9 Å². The molecule has 0 saturated heterocycles. The van der Waals surface area contributed by atoms with Crippen LogP contribution < -0.4 is 0 Å². The normalized spacial score (nSPS) is 11.0. The second-order valence-corrected chi connectivity index (χ2v) is 15.6. The molecule has 0 fully saturated rings. The molecule has 0 atom stereocenters. The van der Waals surface area contributed by atoms with Crippen molar-refractivity contribution in [1.29, 1.82) is 0 Å². The van der Waals surface area contributed by atoms with E-state index in [0.29, 0.717) is 23.0 Å². The molecule has 0 N–H and O–H groups in total. The van der Waals surface area contributed by atoms with Crippen molar-refractivity contribution in [2.45, 2.75) is 169 Å². The molecule has 0 aliphatic rings. The van der Waals surface area contributed by atoms with Gasteiger partial charge in [-0.25, -0.2) is 9.59 Å². The summed E-state index contributed by atoms with van der Waals surface area (Å²) >= 11 is 2.87. The van der Waals surface area contributed by atoms with Gasteiger partial charge in [-0.1, -0.05) is 154 Å². The second-order valence-electron chi connectivity index (χ2n) is 13.5. The van der Waals surface area contributed by atoms with Crippen LogP contribution in [0.15, 0.2) is 12.1 Å². The average Bonchev–Trinajstić information content (AvgIpc) is 3.66. The molecule has 0 spiro atoms. The Hall–Kier alpha value is -2.80. The summed E-state index contributed by atoms with van der Waals surface area (Å²) in [6.07, 6.45) is 25.4. The topological polar surface area (TPSA) is 52.6 Å². The Morgan fingerprint density at radius 3 is 1.20 bits per heavy atom. The Morgan fingerprint density at radius 1 is 0.500 bits per heavy atom. The van der Waals surface area contributed by atoms with Crippen LogP contribution >= 0.6 is 22.7 Å². The highest BCUT2D eigenvalue weighted by atomic mass is 32.1. The molecule has 0 aliphatic heterocycles. The minimum absolute atomic E-state index is 0.301. The summed E-state index contributed by atoms with van der Waals surface area (Å²) in [4.78, 5) is 27.8. The fraction of sp³-hybridized carbons (Fsp3) is 0.636. The highest BCUT2D eigenvalue weighted by molar-refractivity contribution is 7.22. The van der Waals surface area contributed by atoms with Crippen LogP contribution in [0.1, 0.15) is 199 Å². The van der Waals surface area contributed by atoms with Crippen molar-refractivity contribution < 1.29 is 19.1 Å². The number of ether oxygens (including phenoxy) is 2. The van der Waals surface area contributed by atoms with Crippen LogP contribution in [0.25, 0.3) is 20.2 Å². The van der Waals surface area contributed by atoms with Crippen LogP contribution in [0.4, 0.5) is 0 Å². The number of hydrogen-bond acceptors (Lipinski definition) is 6. The van der Waals surface area contributed by atoms with E-state index < -0.39 is 0 Å². The van der Waals surface area contributed by atoms with Crippen LogP contribution in [0.2, 0.25) is 0 Å². The van der Waals surface area contributed by atoms with E-state index in [1.807, 2.05) is 0 Å². The molecule has 2 heterocycles. The maximum Gasteiger partial charge on any atom is 0.349 e. The number of rotatable bonds is 24. The highest BCUT2D eigenvalue weighted by Crippen LogP contribution is 2.40. The average molecular weight is 719 g/mol. The third-order valence-electron chi connectivity index (χ3n) is 9.07. The number of unbranched alkanes of at least 4 members (excludes halogenated alkanes) is 18. The van der Waals surface area contributed by atoms with Crippen molar-refractivity contribution in [2.75, 3.05) is 13.2 Å². The number of esters is 2. The summed E-state index contributed by atoms with van der Waals surface area (Å²) in [5.74, 6) is 12.9. The molecule has 4 nitrogen and oxygen atoms in total. The number of hydrogen-bond donors (Lipinski definition) is 0. The van der Waals surface area contributed by atoms with Gasteiger partial charge < -0.3 is 9.47 Å². The molecule has 6 heteroatoms. The molecule has 0 saturated carbocycles. The van der Waals surface area contributed by atoms with Crippen molar-refractivity contribution in [3.05, 3.63) is 33.0 Å². The van der Waals surface area contributed by atoms with E-state index in [2.05, 4.69) is 63.5 Å². The van der Waals surface area contributed by atoms with E-state index in [1.165, 1.54) is 113 Å². The highest BCUT2D eigenvalue weighted by Gasteiger charge is 2.23. The lowest BCUT2D eigenvalue weighted by Crippen LogP contribution is -2.06. The van der Waals surface area contributed by atoms with Crippen LogP contribution in [-0.4, -0.2) is 25.2 Å². The van der Waals surface area contributed by atoms with Gasteiger partial charge >= 0.3 is 11.9 Å². The van der Waals surface area contributed by atoms with Crippen LogP contribution in [0.5, 0.6) is 0 Å². The van der Waals surface area contributed by atoms with Crippen LogP contribution in [-0.2, 0) is 9.47 Å². The summed E-state index contributed by atoms with van der Waals surface area (Å²) < 4.78 is 13.3. The zero-order valence-electron chi connectivity index (χ0n) is 31.6. The molecule has 0 unspecified atom stereocenters. The molecular formula is C44H62O4S2. The maximum absolute atomic E-state index is 13.3. The lowest BCUT2D eigenvalue weighted by atomic mass is 10.1. The van der Waals surface area contributed by atoms with E-state index in [1.54, 1.807) is 0 Å². The molecule has 1 aromatic carbocycles. The predicted molar refractivity (Wildman–Crippen MR) is 216 cm³/mol. The third kappa shape index (κ3) is 14.1. The first-order chi connectivity index (χ1) is 24.5. The lowest BCUT2D eigenvalue weighted by molar-refractivity contribution is 0.0496. The van der Waals surface area contributed by atoms with Gasteiger partial charge in [0.15, 0.2) is 0 Å². The molecule has 0 aliphatic carbocycles. The standard InChI is InChI=1S/C44H62O4S2/c1-5-9-13-15-17-19-21-23-25-27-29-35-37-33-40-38(34-39(37)49-41(35)43(45)47-31-11-7-3)36(42(50-40)44(46)48-32-12-8-4)30-28-26-24-22-20-18-16-14-10-6-2/h33-34H,5-26,31-32H2,1-4H3. The van der Waals surface area contributed by atoms with Gasteiger partial charge in [-0.2, -0.15) is 0 Å². The Kier molecular flexibility index (Phi) is 21.0. The second kappa shape index (κ2) is 25.2. The smallest absolute Gasteiger partial charge is 0.349 e. The predicted octanol–water partition coefficient (Wildman–Crippen LogP) is 13.8. The fourth-order valence-electron chi connectivity index (χ4n) is 5.97. The van der Waals surface area contributed by atoms with E-state index in [4.69, 9.17) is 9.47 Å². The Balaban J connectivity index is 1.87. The fourth-order valence-corrected chi connectivity index (χ4v) is 8.11. The molecule has 3 rings (SSSR count). The maximum atomic E-state index is 13.3. The zero-order chi connectivity index (χ0) is 35.8. The monoisotopic (exact) mass is 718 g/mol. The van der Waals surface area contributed by atoms with Gasteiger partial charge in [0, 0.05) is 33.0 Å². The van der Waals surface area contributed by atoms with Gasteiger partial charge in [-0.3, -0.25) is 0 Å². The van der Waals surface area contributed by atoms with Crippen molar-refractivity contribution in [3.8, 4) is 23.7 Å². The summed E-state index contributed by atoms with van der Waals surface area (Å²) in [5, 5.41) is 1.89. The number of benzene rings is 1. The molecular weight excluding hydrogens is 657 g/mol. The zero-order valence-corrected chi connectivity index (χ0v) is 33.2. The van der Waals surface area contributed by atoms with Crippen LogP contribution in [0, 0.1) is 23.7 Å². The van der Waals surface area contributed by atoms with Crippen molar-refractivity contribution in [2.24, 2.45) is 0 Å². The van der Waals surface area contributed by atoms with Gasteiger partial charge in [0.25, 0.3) is 0 Å². The SMILES string of the molecule is CCCCCCCCCCC#Cc1c(C(=O)OCCCC)sc2cc3c(C#CCCCCCCCCCC)c(C(=O)OCCCC)sc3cc12. The van der Waals surface area contributed by atoms with Crippen LogP contribution in [0.3, 0.4) is 0 Å². The quantitative estimate of drug-likeness (QED) is 0.0526. The molecule has 274 valence electrons. The minimum Gasteiger partial charge on any atom is -0.461 e. The number of thiophene rings is 2. The Labute approximate surface area is 311 Å². The lowest BCUT2D eigenvalue weighted by Gasteiger charge is -2.02. The van der Waals surface area contributed by atoms with E-state index in [0.717, 1.165) is 82.7 Å². The summed E-state index contributed by atoms with van der Waals surface area (Å²) in [6.45, 7) is 9.50. The first-order valence-electron chi connectivity index (χ1n) is 19.9. The van der Waals surface area contributed by atoms with Gasteiger partial charge in [0.1, 0.15) is 9.75 Å². The molecule has 0 bridgehead atoms. The molecule has 3 aromatic rings. The summed E-state index contributed by atoms with van der Waals surface area (Å²) in [6, 6.07) is 4.20. The third-order valence-corrected chi connectivity index (χ3v) is 11.3. The van der Waals surface area contributed by atoms with Crippen molar-refractivity contribution in [3.63, 3.8) is 0 Å².